The van der Waals surface area contributed by atoms with E-state index in [1.807, 2.05) is 31.2 Å². The van der Waals surface area contributed by atoms with Gasteiger partial charge in [0.2, 0.25) is 0 Å². The molecule has 0 fully saturated rings. The molecule has 0 unspecified atom stereocenters. The van der Waals surface area contributed by atoms with Gasteiger partial charge >= 0.3 is 0 Å². The predicted octanol–water partition coefficient (Wildman–Crippen LogP) is 11.0. The molecule has 0 saturated carbocycles. The molecule has 0 heterocycles. The van der Waals surface area contributed by atoms with Gasteiger partial charge in [-0.15, -0.1) is 5.11 Å². The van der Waals surface area contributed by atoms with Crippen LogP contribution in [0.3, 0.4) is 0 Å². The van der Waals surface area contributed by atoms with Gasteiger partial charge in [0.15, 0.2) is 5.75 Å². The molecule has 268 valence electrons. The van der Waals surface area contributed by atoms with Gasteiger partial charge in [-0.25, -0.2) is 0 Å². The lowest BCUT2D eigenvalue weighted by molar-refractivity contribution is 0.472. The number of hydrogen-bond acceptors (Lipinski definition) is 12. The van der Waals surface area contributed by atoms with Gasteiger partial charge in [-0.05, 0) is 134 Å². The van der Waals surface area contributed by atoms with Crippen molar-refractivity contribution >= 4 is 76.5 Å². The van der Waals surface area contributed by atoms with Crippen molar-refractivity contribution in [3.8, 4) is 5.75 Å². The van der Waals surface area contributed by atoms with E-state index in [0.29, 0.717) is 56.0 Å². The second-order valence-corrected chi connectivity index (χ2v) is 14.8. The average molecular weight is 750 g/mol. The summed E-state index contributed by atoms with van der Waals surface area (Å²) in [5.74, 6) is -0.456. The molecule has 6 aromatic rings. The van der Waals surface area contributed by atoms with Crippen LogP contribution >= 0.6 is 0 Å². The first kappa shape index (κ1) is 36.6. The molecule has 0 aliphatic heterocycles. The van der Waals surface area contributed by atoms with Gasteiger partial charge < -0.3 is 10.4 Å². The number of nitrogens with one attached hydrogen (secondary N) is 1. The van der Waals surface area contributed by atoms with Crippen molar-refractivity contribution in [2.24, 2.45) is 30.7 Å². The topological polar surface area (TPSA) is 215 Å². The van der Waals surface area contributed by atoms with Crippen LogP contribution < -0.4 is 5.32 Å². The number of azo groups is 3. The summed E-state index contributed by atoms with van der Waals surface area (Å²) in [6.45, 7) is 5.53. The monoisotopic (exact) mass is 749 g/mol. The Bertz CT molecular complexity index is 2660. The van der Waals surface area contributed by atoms with Crippen LogP contribution in [0.2, 0.25) is 0 Å². The van der Waals surface area contributed by atoms with Crippen LogP contribution in [0, 0.1) is 20.8 Å². The average Bonchev–Trinajstić information content (AvgIpc) is 3.11. The first-order valence-corrected chi connectivity index (χ1v) is 18.7. The molecule has 6 aromatic carbocycles. The number of phenolic OH excluding ortho intramolecular Hbond substituents is 1. The fraction of sp³-hybridized carbons (Fsp3) is 0.0811. The minimum atomic E-state index is -4.81. The number of fused-ring (bicyclic) bond motifs is 1. The third-order valence-electron chi connectivity index (χ3n) is 7.98. The van der Waals surface area contributed by atoms with Crippen LogP contribution in [0.15, 0.2) is 150 Å². The number of aromatic hydroxyl groups is 1. The third kappa shape index (κ3) is 8.82. The zero-order valence-electron chi connectivity index (χ0n) is 28.4. The highest BCUT2D eigenvalue weighted by molar-refractivity contribution is 7.86. The number of rotatable bonds is 10. The Morgan fingerprint density at radius 3 is 1.55 bits per heavy atom. The van der Waals surface area contributed by atoms with Gasteiger partial charge in [-0.3, -0.25) is 9.11 Å². The molecule has 0 spiro atoms. The smallest absolute Gasteiger partial charge is 0.296 e. The highest BCUT2D eigenvalue weighted by Crippen LogP contribution is 2.43. The van der Waals surface area contributed by atoms with E-state index in [-0.39, 0.29) is 4.90 Å². The summed E-state index contributed by atoms with van der Waals surface area (Å²) in [7, 11) is -9.11. The highest BCUT2D eigenvalue weighted by Gasteiger charge is 2.22. The molecule has 6 rings (SSSR count). The zero-order valence-corrected chi connectivity index (χ0v) is 30.0. The lowest BCUT2D eigenvalue weighted by atomic mass is 10.1. The summed E-state index contributed by atoms with van der Waals surface area (Å²) in [5.41, 5.74) is 5.83. The second kappa shape index (κ2) is 14.8. The Labute approximate surface area is 304 Å². The molecule has 0 aliphatic rings. The molecule has 16 heteroatoms. The zero-order chi connectivity index (χ0) is 37.9. The van der Waals surface area contributed by atoms with Crippen molar-refractivity contribution in [1.82, 2.24) is 0 Å². The molecule has 0 aromatic heterocycles. The molecule has 53 heavy (non-hydrogen) atoms. The SMILES string of the molecule is Cc1ccc(Nc2ccc3c(O)c(N=Nc4cc(C)c(N=Nc5ccc(N=Nc6ccc(S(=O)(=O)O)cc6)cc5)cc4C)c(S(=O)(=O)O)cc3c2)cc1. The Morgan fingerprint density at radius 2 is 1.02 bits per heavy atom. The predicted molar refractivity (Wildman–Crippen MR) is 201 cm³/mol. The first-order valence-electron chi connectivity index (χ1n) is 15.8. The van der Waals surface area contributed by atoms with E-state index in [2.05, 4.69) is 36.0 Å². The molecule has 0 atom stereocenters. The van der Waals surface area contributed by atoms with Gasteiger partial charge in [-0.2, -0.15) is 42.4 Å². The van der Waals surface area contributed by atoms with E-state index in [4.69, 9.17) is 4.55 Å². The van der Waals surface area contributed by atoms with Gasteiger partial charge in [-0.1, -0.05) is 17.7 Å². The molecule has 0 aliphatic carbocycles. The molecule has 4 N–H and O–H groups in total. The summed E-state index contributed by atoms with van der Waals surface area (Å²) in [6.07, 6.45) is 0. The summed E-state index contributed by atoms with van der Waals surface area (Å²) in [5, 5.41) is 40.2. The Hall–Kier alpha value is -6.20. The van der Waals surface area contributed by atoms with Crippen LogP contribution in [0.1, 0.15) is 16.7 Å². The fourth-order valence-corrected chi connectivity index (χ4v) is 6.27. The van der Waals surface area contributed by atoms with Crippen LogP contribution in [0.4, 0.5) is 45.5 Å². The van der Waals surface area contributed by atoms with Crippen molar-refractivity contribution in [3.05, 3.63) is 126 Å². The molecular weight excluding hydrogens is 719 g/mol. The van der Waals surface area contributed by atoms with Gasteiger partial charge in [0, 0.05) is 16.8 Å². The van der Waals surface area contributed by atoms with Gasteiger partial charge in [0.05, 0.1) is 33.3 Å². The molecule has 14 nitrogen and oxygen atoms in total. The van der Waals surface area contributed by atoms with Crippen molar-refractivity contribution in [1.29, 1.82) is 0 Å². The van der Waals surface area contributed by atoms with Crippen LogP contribution in [-0.2, 0) is 20.2 Å². The van der Waals surface area contributed by atoms with E-state index < -0.39 is 36.6 Å². The van der Waals surface area contributed by atoms with Crippen molar-refractivity contribution in [2.75, 3.05) is 5.32 Å². The van der Waals surface area contributed by atoms with E-state index in [9.17, 15) is 26.5 Å². The number of aryl methyl sites for hydroxylation is 3. The van der Waals surface area contributed by atoms with Crippen LogP contribution in [0.5, 0.6) is 5.75 Å². The minimum absolute atomic E-state index is 0.243. The summed E-state index contributed by atoms with van der Waals surface area (Å²) < 4.78 is 66.5. The minimum Gasteiger partial charge on any atom is -0.505 e. The summed E-state index contributed by atoms with van der Waals surface area (Å²) in [4.78, 5) is -0.839. The van der Waals surface area contributed by atoms with Crippen LogP contribution in [-0.4, -0.2) is 31.0 Å². The van der Waals surface area contributed by atoms with Crippen molar-refractivity contribution in [3.63, 3.8) is 0 Å². The number of anilines is 2. The van der Waals surface area contributed by atoms with E-state index >= 15 is 0 Å². The van der Waals surface area contributed by atoms with E-state index in [1.165, 1.54) is 30.3 Å². The highest BCUT2D eigenvalue weighted by atomic mass is 32.2. The first-order chi connectivity index (χ1) is 25.1. The second-order valence-electron chi connectivity index (χ2n) is 12.0. The van der Waals surface area contributed by atoms with E-state index in [1.54, 1.807) is 68.4 Å². The maximum absolute atomic E-state index is 12.4. The lowest BCUT2D eigenvalue weighted by Gasteiger charge is -2.12. The quantitative estimate of drug-likeness (QED) is 0.0778. The largest absolute Gasteiger partial charge is 0.505 e. The Kier molecular flexibility index (Phi) is 10.2. The lowest BCUT2D eigenvalue weighted by Crippen LogP contribution is -1.99. The molecule has 0 amide bonds. The third-order valence-corrected chi connectivity index (χ3v) is 9.71. The Morgan fingerprint density at radius 1 is 0.528 bits per heavy atom. The maximum atomic E-state index is 12.4. The maximum Gasteiger partial charge on any atom is 0.296 e. The summed E-state index contributed by atoms with van der Waals surface area (Å²) >= 11 is 0. The number of benzene rings is 6. The standard InChI is InChI=1S/C37H31N7O7S2/c1-22-4-6-26(7-5-22)38-30-14-17-32-25(20-30)21-35(53(49,50)51)36(37(32)45)44-43-34-19-23(2)33(18-24(34)3)42-41-28-10-8-27(9-11-28)39-40-29-12-15-31(16-13-29)52(46,47)48/h4-21,38,45H,1-3H3,(H,46,47,48)(H,49,50,51). The number of hydrogen-bond donors (Lipinski definition) is 4. The molecular formula is C37H31N7O7S2. The molecule has 0 radical (unpaired) electrons. The molecule has 0 bridgehead atoms. The number of phenols is 1. The normalized spacial score (nSPS) is 12.4. The fourth-order valence-electron chi connectivity index (χ4n) is 5.13. The van der Waals surface area contributed by atoms with Crippen molar-refractivity contribution in [2.45, 2.75) is 30.6 Å². The van der Waals surface area contributed by atoms with Gasteiger partial charge in [0.1, 0.15) is 10.6 Å². The Balaban J connectivity index is 1.20. The van der Waals surface area contributed by atoms with Crippen LogP contribution in [0.25, 0.3) is 10.8 Å². The number of nitrogens with zero attached hydrogens (tertiary/aromatic N) is 6. The van der Waals surface area contributed by atoms with Gasteiger partial charge in [0.25, 0.3) is 20.2 Å². The van der Waals surface area contributed by atoms with E-state index in [0.717, 1.165) is 11.3 Å². The summed E-state index contributed by atoms with van der Waals surface area (Å²) in [6, 6.07) is 29.4. The molecule has 0 saturated heterocycles. The van der Waals surface area contributed by atoms with Crippen molar-refractivity contribution < 1.29 is 31.0 Å².